The number of carbonyl (C=O) groups is 1. The maximum atomic E-state index is 8.95. The fourth-order valence-corrected chi connectivity index (χ4v) is 0.663. The number of aryl methyl sites for hydroxylation is 2. The smallest absolute Gasteiger partial charge is 0.292 e. The van der Waals surface area contributed by atoms with Crippen LogP contribution in [0.25, 0.3) is 0 Å². The van der Waals surface area contributed by atoms with E-state index in [2.05, 4.69) is 42.8 Å². The summed E-state index contributed by atoms with van der Waals surface area (Å²) >= 11 is 0. The second-order valence-electron chi connectivity index (χ2n) is 2.42. The van der Waals surface area contributed by atoms with Gasteiger partial charge < -0.3 is 4.74 Å². The van der Waals surface area contributed by atoms with E-state index in [1.54, 1.807) is 0 Å². The Hall–Kier alpha value is -1.31. The van der Waals surface area contributed by atoms with E-state index in [4.69, 9.17) is 4.79 Å². The lowest BCUT2D eigenvalue weighted by atomic mass is 10.1. The van der Waals surface area contributed by atoms with Gasteiger partial charge in [0.2, 0.25) is 0 Å². The van der Waals surface area contributed by atoms with Gasteiger partial charge in [0.05, 0.1) is 7.11 Å². The molecule has 0 amide bonds. The maximum absolute atomic E-state index is 8.95. The lowest BCUT2D eigenvalue weighted by Gasteiger charge is -1.93. The molecule has 0 N–H and O–H groups in total. The van der Waals surface area contributed by atoms with E-state index in [1.807, 2.05) is 13.8 Å². The molecular weight excluding hydrogens is 176 g/mol. The molecule has 0 atom stereocenters. The topological polar surface area (TPSA) is 26.3 Å². The highest BCUT2D eigenvalue weighted by molar-refractivity contribution is 5.36. The van der Waals surface area contributed by atoms with Crippen molar-refractivity contribution in [2.75, 3.05) is 7.11 Å². The van der Waals surface area contributed by atoms with Crippen molar-refractivity contribution in [1.29, 1.82) is 0 Å². The molecule has 1 rings (SSSR count). The summed E-state index contributed by atoms with van der Waals surface area (Å²) in [5.74, 6) is 0. The monoisotopic (exact) mass is 196 g/mol. The average molecular weight is 196 g/mol. The molecule has 80 valence electrons. The molecule has 0 aliphatic heterocycles. The van der Waals surface area contributed by atoms with Crippen LogP contribution in [-0.4, -0.2) is 13.6 Å². The zero-order chi connectivity index (χ0) is 11.4. The van der Waals surface area contributed by atoms with Crippen LogP contribution in [0.5, 0.6) is 0 Å². The van der Waals surface area contributed by atoms with Crippen molar-refractivity contribution >= 4 is 6.47 Å². The van der Waals surface area contributed by atoms with Crippen LogP contribution in [0.1, 0.15) is 25.0 Å². The van der Waals surface area contributed by atoms with Crippen molar-refractivity contribution in [3.8, 4) is 0 Å². The van der Waals surface area contributed by atoms with Crippen molar-refractivity contribution in [1.82, 2.24) is 0 Å². The van der Waals surface area contributed by atoms with Crippen molar-refractivity contribution in [2.24, 2.45) is 0 Å². The molecule has 0 radical (unpaired) electrons. The Bertz CT molecular complexity index is 211. The number of methoxy groups -OCH3 is 1. The van der Waals surface area contributed by atoms with Gasteiger partial charge in [-0.2, -0.15) is 0 Å². The SMILES string of the molecule is CC.COC=O.Cc1ccccc1C. The molecule has 0 bridgehead atoms. The first-order valence-corrected chi connectivity index (χ1v) is 4.71. The van der Waals surface area contributed by atoms with Gasteiger partial charge in [-0.15, -0.1) is 0 Å². The second-order valence-corrected chi connectivity index (χ2v) is 2.42. The normalized spacial score (nSPS) is 7.21. The molecule has 0 fully saturated rings. The summed E-state index contributed by atoms with van der Waals surface area (Å²) < 4.78 is 3.86. The molecule has 2 heteroatoms. The van der Waals surface area contributed by atoms with Crippen LogP contribution < -0.4 is 0 Å². The Morgan fingerprint density at radius 2 is 1.36 bits per heavy atom. The van der Waals surface area contributed by atoms with Gasteiger partial charge in [-0.25, -0.2) is 0 Å². The first-order valence-electron chi connectivity index (χ1n) is 4.71. The molecule has 0 spiro atoms. The Morgan fingerprint density at radius 1 is 1.07 bits per heavy atom. The third kappa shape index (κ3) is 8.78. The van der Waals surface area contributed by atoms with E-state index in [0.717, 1.165) is 0 Å². The Kier molecular flexibility index (Phi) is 12.7. The highest BCUT2D eigenvalue weighted by Gasteiger charge is 1.83. The van der Waals surface area contributed by atoms with Crippen LogP contribution in [0.3, 0.4) is 0 Å². The van der Waals surface area contributed by atoms with E-state index in [1.165, 1.54) is 18.2 Å². The molecular formula is C12H20O2. The molecule has 1 aromatic carbocycles. The number of rotatable bonds is 1. The van der Waals surface area contributed by atoms with Gasteiger partial charge in [0.15, 0.2) is 0 Å². The minimum Gasteiger partial charge on any atom is -0.471 e. The van der Waals surface area contributed by atoms with E-state index in [0.29, 0.717) is 6.47 Å². The van der Waals surface area contributed by atoms with Crippen LogP contribution in [0.2, 0.25) is 0 Å². The molecule has 0 heterocycles. The summed E-state index contributed by atoms with van der Waals surface area (Å²) in [5, 5.41) is 0. The lowest BCUT2D eigenvalue weighted by Crippen LogP contribution is -1.74. The van der Waals surface area contributed by atoms with Gasteiger partial charge in [0, 0.05) is 0 Å². The van der Waals surface area contributed by atoms with E-state index in [9.17, 15) is 0 Å². The van der Waals surface area contributed by atoms with Gasteiger partial charge >= 0.3 is 0 Å². The average Bonchev–Trinajstić information content (AvgIpc) is 2.26. The summed E-state index contributed by atoms with van der Waals surface area (Å²) in [6.07, 6.45) is 0. The maximum Gasteiger partial charge on any atom is 0.292 e. The van der Waals surface area contributed by atoms with Gasteiger partial charge in [0.25, 0.3) is 6.47 Å². The van der Waals surface area contributed by atoms with Crippen LogP contribution >= 0.6 is 0 Å². The Morgan fingerprint density at radius 3 is 1.50 bits per heavy atom. The zero-order valence-corrected chi connectivity index (χ0v) is 9.70. The van der Waals surface area contributed by atoms with Crippen molar-refractivity contribution in [3.05, 3.63) is 35.4 Å². The minimum atomic E-state index is 0.375. The molecule has 0 aromatic heterocycles. The van der Waals surface area contributed by atoms with Crippen LogP contribution in [0, 0.1) is 13.8 Å². The van der Waals surface area contributed by atoms with Gasteiger partial charge in [0.1, 0.15) is 0 Å². The van der Waals surface area contributed by atoms with Gasteiger partial charge in [-0.05, 0) is 25.0 Å². The lowest BCUT2D eigenvalue weighted by molar-refractivity contribution is -0.126. The molecule has 1 aromatic rings. The zero-order valence-electron chi connectivity index (χ0n) is 9.70. The van der Waals surface area contributed by atoms with E-state index >= 15 is 0 Å². The number of carbonyl (C=O) groups excluding carboxylic acids is 1. The van der Waals surface area contributed by atoms with Crippen LogP contribution in [0.4, 0.5) is 0 Å². The van der Waals surface area contributed by atoms with E-state index < -0.39 is 0 Å². The molecule has 14 heavy (non-hydrogen) atoms. The number of hydrogen-bond acceptors (Lipinski definition) is 2. The van der Waals surface area contributed by atoms with Crippen molar-refractivity contribution in [3.63, 3.8) is 0 Å². The summed E-state index contributed by atoms with van der Waals surface area (Å²) in [5.41, 5.74) is 2.74. The molecule has 0 aliphatic carbocycles. The predicted molar refractivity (Wildman–Crippen MR) is 60.3 cm³/mol. The first-order chi connectivity index (χ1) is 6.72. The molecule has 0 aliphatic rings. The molecule has 0 saturated carbocycles. The largest absolute Gasteiger partial charge is 0.471 e. The third-order valence-electron chi connectivity index (χ3n) is 1.52. The summed E-state index contributed by atoms with van der Waals surface area (Å²) in [6, 6.07) is 8.36. The van der Waals surface area contributed by atoms with Crippen LogP contribution in [-0.2, 0) is 9.53 Å². The summed E-state index contributed by atoms with van der Waals surface area (Å²) in [7, 11) is 1.31. The third-order valence-corrected chi connectivity index (χ3v) is 1.52. The summed E-state index contributed by atoms with van der Waals surface area (Å²) in [4.78, 5) is 8.95. The molecule has 2 nitrogen and oxygen atoms in total. The standard InChI is InChI=1S/C8H10.C2H4O2.C2H6/c1-7-5-3-4-6-8(7)2;1-4-2-3;1-2/h3-6H,1-2H3;2H,1H3;1-2H3. The highest BCUT2D eigenvalue weighted by Crippen LogP contribution is 2.02. The number of benzene rings is 1. The van der Waals surface area contributed by atoms with Gasteiger partial charge in [-0.3, -0.25) is 4.79 Å². The number of hydrogen-bond donors (Lipinski definition) is 0. The van der Waals surface area contributed by atoms with Crippen molar-refractivity contribution < 1.29 is 9.53 Å². The van der Waals surface area contributed by atoms with Crippen molar-refractivity contribution in [2.45, 2.75) is 27.7 Å². The highest BCUT2D eigenvalue weighted by atomic mass is 16.5. The fraction of sp³-hybridized carbons (Fsp3) is 0.417. The minimum absolute atomic E-state index is 0.375. The van der Waals surface area contributed by atoms with Crippen LogP contribution in [0.15, 0.2) is 24.3 Å². The van der Waals surface area contributed by atoms with Gasteiger partial charge in [-0.1, -0.05) is 38.1 Å². The first kappa shape index (κ1) is 15.2. The quantitative estimate of drug-likeness (QED) is 0.645. The number of ether oxygens (including phenoxy) is 1. The predicted octanol–water partition coefficient (Wildman–Crippen LogP) is 3.12. The van der Waals surface area contributed by atoms with E-state index in [-0.39, 0.29) is 0 Å². The second kappa shape index (κ2) is 11.7. The fourth-order valence-electron chi connectivity index (χ4n) is 0.663. The summed E-state index contributed by atoms with van der Waals surface area (Å²) in [6.45, 7) is 8.62. The molecule has 0 unspecified atom stereocenters. The Balaban J connectivity index is 0. The Labute approximate surface area is 86.9 Å². The molecule has 0 saturated heterocycles.